The van der Waals surface area contributed by atoms with Gasteiger partial charge in [0.25, 0.3) is 0 Å². The van der Waals surface area contributed by atoms with Crippen LogP contribution < -0.4 is 5.73 Å². The molecule has 3 aromatic rings. The van der Waals surface area contributed by atoms with Crippen LogP contribution in [-0.2, 0) is 6.54 Å². The molecule has 0 radical (unpaired) electrons. The Morgan fingerprint density at radius 3 is 2.88 bits per heavy atom. The highest BCUT2D eigenvalue weighted by molar-refractivity contribution is 7.19. The van der Waals surface area contributed by atoms with Crippen molar-refractivity contribution < 1.29 is 0 Å². The molecule has 86 valence electrons. The molecule has 0 saturated carbocycles. The Morgan fingerprint density at radius 2 is 2.18 bits per heavy atom. The van der Waals surface area contributed by atoms with Gasteiger partial charge in [-0.25, -0.2) is 9.50 Å². The van der Waals surface area contributed by atoms with E-state index in [1.54, 1.807) is 4.52 Å². The van der Waals surface area contributed by atoms with Crippen LogP contribution in [0.1, 0.15) is 5.69 Å². The van der Waals surface area contributed by atoms with Gasteiger partial charge in [0, 0.05) is 12.1 Å². The van der Waals surface area contributed by atoms with Gasteiger partial charge in [-0.1, -0.05) is 41.1 Å². The molecule has 2 heterocycles. The van der Waals surface area contributed by atoms with Crippen molar-refractivity contribution in [2.45, 2.75) is 6.54 Å². The van der Waals surface area contributed by atoms with Crippen LogP contribution in [0.3, 0.4) is 0 Å². The van der Waals surface area contributed by atoms with Crippen LogP contribution in [0, 0.1) is 0 Å². The summed E-state index contributed by atoms with van der Waals surface area (Å²) < 4.78 is 1.74. The number of aromatic nitrogens is 3. The molecular formula is C11H9ClN4S. The molecule has 17 heavy (non-hydrogen) atoms. The lowest BCUT2D eigenvalue weighted by atomic mass is 10.2. The number of fused-ring (bicyclic) bond motifs is 1. The van der Waals surface area contributed by atoms with Crippen LogP contribution in [0.5, 0.6) is 0 Å². The molecule has 0 bridgehead atoms. The van der Waals surface area contributed by atoms with Crippen molar-refractivity contribution in [1.82, 2.24) is 14.6 Å². The Morgan fingerprint density at radius 1 is 1.35 bits per heavy atom. The highest BCUT2D eigenvalue weighted by atomic mass is 35.5. The first-order valence-electron chi connectivity index (χ1n) is 5.08. The molecule has 0 aliphatic carbocycles. The lowest BCUT2D eigenvalue weighted by Gasteiger charge is -1.97. The molecule has 3 rings (SSSR count). The monoisotopic (exact) mass is 264 g/mol. The van der Waals surface area contributed by atoms with E-state index >= 15 is 0 Å². The van der Waals surface area contributed by atoms with Crippen molar-refractivity contribution >= 4 is 27.9 Å². The first-order valence-corrected chi connectivity index (χ1v) is 6.27. The van der Waals surface area contributed by atoms with E-state index in [0.717, 1.165) is 21.2 Å². The van der Waals surface area contributed by atoms with E-state index in [-0.39, 0.29) is 0 Å². The minimum absolute atomic E-state index is 0.428. The number of hydrogen-bond donors (Lipinski definition) is 1. The molecule has 0 fully saturated rings. The van der Waals surface area contributed by atoms with Crippen LogP contribution in [0.15, 0.2) is 30.5 Å². The number of halogens is 1. The number of imidazole rings is 1. The number of benzene rings is 1. The normalized spacial score (nSPS) is 11.2. The Bertz CT molecular complexity index is 641. The summed E-state index contributed by atoms with van der Waals surface area (Å²) in [7, 11) is 0. The highest BCUT2D eigenvalue weighted by Crippen LogP contribution is 2.30. The summed E-state index contributed by atoms with van der Waals surface area (Å²) in [6, 6.07) is 7.64. The second-order valence-corrected chi connectivity index (χ2v) is 4.91. The van der Waals surface area contributed by atoms with Gasteiger partial charge in [0.1, 0.15) is 5.01 Å². The molecular weight excluding hydrogens is 256 g/mol. The topological polar surface area (TPSA) is 56.2 Å². The third-order valence-electron chi connectivity index (χ3n) is 2.41. The predicted molar refractivity (Wildman–Crippen MR) is 69.2 cm³/mol. The van der Waals surface area contributed by atoms with Crippen LogP contribution in [0.25, 0.3) is 15.5 Å². The van der Waals surface area contributed by atoms with Gasteiger partial charge in [-0.3, -0.25) is 0 Å². The van der Waals surface area contributed by atoms with E-state index in [9.17, 15) is 0 Å². The molecule has 0 amide bonds. The Kier molecular flexibility index (Phi) is 2.58. The first-order chi connectivity index (χ1) is 8.28. The molecule has 1 aromatic carbocycles. The summed E-state index contributed by atoms with van der Waals surface area (Å²) >= 11 is 7.63. The van der Waals surface area contributed by atoms with Gasteiger partial charge in [-0.05, 0) is 6.07 Å². The fourth-order valence-corrected chi connectivity index (χ4v) is 2.81. The molecule has 0 aliphatic rings. The zero-order valence-corrected chi connectivity index (χ0v) is 10.4. The van der Waals surface area contributed by atoms with Crippen LogP contribution in [-0.4, -0.2) is 14.6 Å². The first kappa shape index (κ1) is 10.7. The smallest absolute Gasteiger partial charge is 0.212 e. The van der Waals surface area contributed by atoms with Gasteiger partial charge < -0.3 is 5.73 Å². The lowest BCUT2D eigenvalue weighted by Crippen LogP contribution is -1.95. The summed E-state index contributed by atoms with van der Waals surface area (Å²) in [6.45, 7) is 0.428. The van der Waals surface area contributed by atoms with Gasteiger partial charge >= 0.3 is 0 Å². The number of nitrogens with two attached hydrogens (primary N) is 1. The zero-order valence-electron chi connectivity index (χ0n) is 8.80. The van der Waals surface area contributed by atoms with Gasteiger partial charge in [0.05, 0.1) is 16.9 Å². The third kappa shape index (κ3) is 1.82. The maximum Gasteiger partial charge on any atom is 0.212 e. The molecule has 2 aromatic heterocycles. The fraction of sp³-hybridized carbons (Fsp3) is 0.0909. The van der Waals surface area contributed by atoms with E-state index in [0.29, 0.717) is 11.6 Å². The quantitative estimate of drug-likeness (QED) is 0.774. The van der Waals surface area contributed by atoms with Crippen molar-refractivity contribution in [3.8, 4) is 10.6 Å². The largest absolute Gasteiger partial charge is 0.325 e. The zero-order chi connectivity index (χ0) is 11.8. The average molecular weight is 265 g/mol. The average Bonchev–Trinajstić information content (AvgIpc) is 2.86. The SMILES string of the molecule is NCc1cn2nc(-c3ccccc3Cl)sc2n1. The van der Waals surface area contributed by atoms with E-state index in [1.807, 2.05) is 30.5 Å². The van der Waals surface area contributed by atoms with E-state index < -0.39 is 0 Å². The summed E-state index contributed by atoms with van der Waals surface area (Å²) in [5, 5.41) is 6.01. The number of hydrogen-bond acceptors (Lipinski definition) is 4. The molecule has 0 spiro atoms. The van der Waals surface area contributed by atoms with Crippen molar-refractivity contribution in [2.75, 3.05) is 0 Å². The molecule has 0 atom stereocenters. The standard InChI is InChI=1S/C11H9ClN4S/c12-9-4-2-1-3-8(9)10-15-16-6-7(5-13)14-11(16)17-10/h1-4,6H,5,13H2. The Labute approximate surface area is 107 Å². The van der Waals surface area contributed by atoms with E-state index in [1.165, 1.54) is 11.3 Å². The van der Waals surface area contributed by atoms with Crippen molar-refractivity contribution in [3.63, 3.8) is 0 Å². The van der Waals surface area contributed by atoms with Crippen LogP contribution in [0.2, 0.25) is 5.02 Å². The summed E-state index contributed by atoms with van der Waals surface area (Å²) in [6.07, 6.45) is 1.84. The molecule has 0 unspecified atom stereocenters. The number of nitrogens with zero attached hydrogens (tertiary/aromatic N) is 3. The second kappa shape index (κ2) is 4.10. The van der Waals surface area contributed by atoms with Crippen molar-refractivity contribution in [2.24, 2.45) is 5.73 Å². The summed E-state index contributed by atoms with van der Waals surface area (Å²) in [5.74, 6) is 0. The van der Waals surface area contributed by atoms with Crippen LogP contribution in [0.4, 0.5) is 0 Å². The van der Waals surface area contributed by atoms with Gasteiger partial charge in [-0.2, -0.15) is 5.10 Å². The maximum absolute atomic E-state index is 6.13. The second-order valence-electron chi connectivity index (χ2n) is 3.55. The summed E-state index contributed by atoms with van der Waals surface area (Å²) in [5.41, 5.74) is 7.30. The number of rotatable bonds is 2. The molecule has 0 aliphatic heterocycles. The van der Waals surface area contributed by atoms with Crippen molar-refractivity contribution in [3.05, 3.63) is 41.2 Å². The molecule has 6 heteroatoms. The minimum atomic E-state index is 0.428. The van der Waals surface area contributed by atoms with E-state index in [2.05, 4.69) is 10.1 Å². The molecule has 4 nitrogen and oxygen atoms in total. The third-order valence-corrected chi connectivity index (χ3v) is 3.69. The van der Waals surface area contributed by atoms with Crippen molar-refractivity contribution in [1.29, 1.82) is 0 Å². The Hall–Kier alpha value is -1.43. The Balaban J connectivity index is 2.13. The molecule has 0 saturated heterocycles. The van der Waals surface area contributed by atoms with Crippen LogP contribution >= 0.6 is 22.9 Å². The minimum Gasteiger partial charge on any atom is -0.325 e. The summed E-state index contributed by atoms with van der Waals surface area (Å²) in [4.78, 5) is 5.19. The predicted octanol–water partition coefficient (Wildman–Crippen LogP) is 2.57. The van der Waals surface area contributed by atoms with Gasteiger partial charge in [0.15, 0.2) is 0 Å². The van der Waals surface area contributed by atoms with E-state index in [4.69, 9.17) is 17.3 Å². The highest BCUT2D eigenvalue weighted by Gasteiger charge is 2.11. The van der Waals surface area contributed by atoms with Gasteiger partial charge in [-0.15, -0.1) is 0 Å². The molecule has 2 N–H and O–H groups in total. The lowest BCUT2D eigenvalue weighted by molar-refractivity contribution is 0.959. The maximum atomic E-state index is 6.13. The van der Waals surface area contributed by atoms with Gasteiger partial charge in [0.2, 0.25) is 4.96 Å². The fourth-order valence-electron chi connectivity index (χ4n) is 1.59.